The Kier molecular flexibility index (Phi) is 5.25. The first-order valence-corrected chi connectivity index (χ1v) is 9.77. The van der Waals surface area contributed by atoms with Crippen LogP contribution < -0.4 is 4.74 Å². The summed E-state index contributed by atoms with van der Waals surface area (Å²) in [7, 11) is 3.33. The van der Waals surface area contributed by atoms with Crippen molar-refractivity contribution >= 4 is 5.91 Å². The number of ether oxygens (including phenoxy) is 1. The lowest BCUT2D eigenvalue weighted by atomic mass is 9.94. The second-order valence-corrected chi connectivity index (χ2v) is 7.48. The van der Waals surface area contributed by atoms with Gasteiger partial charge < -0.3 is 19.3 Å². The second-order valence-electron chi connectivity index (χ2n) is 7.48. The number of carbonyl (C=O) groups is 1. The second kappa shape index (κ2) is 7.99. The minimum Gasteiger partial charge on any atom is -0.504 e. The van der Waals surface area contributed by atoms with Gasteiger partial charge in [-0.2, -0.15) is 0 Å². The van der Waals surface area contributed by atoms with Gasteiger partial charge in [0.05, 0.1) is 7.11 Å². The van der Waals surface area contributed by atoms with Crippen LogP contribution >= 0.6 is 0 Å². The van der Waals surface area contributed by atoms with E-state index in [0.29, 0.717) is 18.7 Å². The molecular weight excluding hydrogens is 366 g/mol. The summed E-state index contributed by atoms with van der Waals surface area (Å²) >= 11 is 0. The Labute approximate surface area is 170 Å². The van der Waals surface area contributed by atoms with Crippen LogP contribution in [0.3, 0.4) is 0 Å². The van der Waals surface area contributed by atoms with Gasteiger partial charge in [-0.3, -0.25) is 4.79 Å². The summed E-state index contributed by atoms with van der Waals surface area (Å²) in [6, 6.07) is 15.4. The zero-order valence-electron chi connectivity index (χ0n) is 16.7. The number of rotatable bonds is 5. The van der Waals surface area contributed by atoms with E-state index in [1.165, 1.54) is 7.11 Å². The van der Waals surface area contributed by atoms with E-state index in [0.717, 1.165) is 35.6 Å². The molecule has 6 heteroatoms. The van der Waals surface area contributed by atoms with Crippen LogP contribution in [-0.4, -0.2) is 39.6 Å². The molecule has 6 nitrogen and oxygen atoms in total. The number of phenolic OH excluding ortho intramolecular Hbond substituents is 1. The highest BCUT2D eigenvalue weighted by molar-refractivity contribution is 5.79. The Bertz CT molecular complexity index is 1010. The third kappa shape index (κ3) is 3.83. The smallest absolute Gasteiger partial charge is 0.226 e. The molecule has 0 fully saturated rings. The monoisotopic (exact) mass is 391 g/mol. The van der Waals surface area contributed by atoms with Crippen molar-refractivity contribution in [3.63, 3.8) is 0 Å². The zero-order valence-corrected chi connectivity index (χ0v) is 16.7. The standard InChI is InChI=1S/C23H25N3O3/c1-25(15-16-8-9-21(29-2)20(27)12-16)23(28)18-10-11-26-19(13-18)14-24-22(26)17-6-4-3-5-7-17/h3-9,12,14,18,27H,10-11,13,15H2,1-2H3. The van der Waals surface area contributed by atoms with Crippen LogP contribution in [0.25, 0.3) is 11.4 Å². The summed E-state index contributed by atoms with van der Waals surface area (Å²) in [4.78, 5) is 19.3. The van der Waals surface area contributed by atoms with Crippen LogP contribution in [0, 0.1) is 5.92 Å². The maximum atomic E-state index is 13.0. The van der Waals surface area contributed by atoms with Gasteiger partial charge in [-0.1, -0.05) is 36.4 Å². The number of benzene rings is 2. The van der Waals surface area contributed by atoms with Crippen molar-refractivity contribution in [2.75, 3.05) is 14.2 Å². The van der Waals surface area contributed by atoms with E-state index in [2.05, 4.69) is 21.7 Å². The number of aromatic nitrogens is 2. The molecule has 0 bridgehead atoms. The molecule has 150 valence electrons. The summed E-state index contributed by atoms with van der Waals surface area (Å²) < 4.78 is 7.30. The number of hydrogen-bond acceptors (Lipinski definition) is 4. The lowest BCUT2D eigenvalue weighted by Gasteiger charge is -2.28. The topological polar surface area (TPSA) is 67.6 Å². The minimum atomic E-state index is -0.0559. The van der Waals surface area contributed by atoms with E-state index < -0.39 is 0 Å². The van der Waals surface area contributed by atoms with Crippen molar-refractivity contribution in [3.05, 3.63) is 66.0 Å². The Morgan fingerprint density at radius 3 is 2.79 bits per heavy atom. The van der Waals surface area contributed by atoms with Crippen molar-refractivity contribution in [1.29, 1.82) is 0 Å². The van der Waals surface area contributed by atoms with E-state index >= 15 is 0 Å². The lowest BCUT2D eigenvalue weighted by molar-refractivity contribution is -0.135. The highest BCUT2D eigenvalue weighted by Gasteiger charge is 2.29. The summed E-state index contributed by atoms with van der Waals surface area (Å²) in [5.41, 5.74) is 3.07. The number of imidazole rings is 1. The number of amides is 1. The molecule has 0 aliphatic carbocycles. The van der Waals surface area contributed by atoms with Gasteiger partial charge in [0.25, 0.3) is 0 Å². The van der Waals surface area contributed by atoms with Gasteiger partial charge in [0.1, 0.15) is 5.82 Å². The Morgan fingerprint density at radius 2 is 2.07 bits per heavy atom. The average Bonchev–Trinajstić information content (AvgIpc) is 3.17. The van der Waals surface area contributed by atoms with Crippen molar-refractivity contribution in [3.8, 4) is 22.9 Å². The summed E-state index contributed by atoms with van der Waals surface area (Å²) in [5.74, 6) is 1.54. The third-order valence-electron chi connectivity index (χ3n) is 5.52. The fourth-order valence-electron chi connectivity index (χ4n) is 3.99. The van der Waals surface area contributed by atoms with Crippen molar-refractivity contribution in [1.82, 2.24) is 14.5 Å². The van der Waals surface area contributed by atoms with Gasteiger partial charge in [0, 0.05) is 49.9 Å². The summed E-state index contributed by atoms with van der Waals surface area (Å²) in [6.45, 7) is 1.23. The summed E-state index contributed by atoms with van der Waals surface area (Å²) in [5, 5.41) is 9.96. The number of methoxy groups -OCH3 is 1. The van der Waals surface area contributed by atoms with Gasteiger partial charge in [0.15, 0.2) is 11.5 Å². The third-order valence-corrected chi connectivity index (χ3v) is 5.52. The van der Waals surface area contributed by atoms with Crippen LogP contribution in [-0.2, 0) is 24.3 Å². The molecule has 2 aromatic carbocycles. The Hall–Kier alpha value is -3.28. The first-order valence-electron chi connectivity index (χ1n) is 9.77. The molecule has 0 radical (unpaired) electrons. The molecule has 0 spiro atoms. The first kappa shape index (κ1) is 19.1. The van der Waals surface area contributed by atoms with E-state index in [-0.39, 0.29) is 17.6 Å². The molecule has 1 N–H and O–H groups in total. The van der Waals surface area contributed by atoms with Crippen LogP contribution in [0.5, 0.6) is 11.5 Å². The maximum absolute atomic E-state index is 13.0. The molecule has 1 amide bonds. The molecule has 0 saturated heterocycles. The van der Waals surface area contributed by atoms with Gasteiger partial charge in [-0.15, -0.1) is 0 Å². The molecule has 3 aromatic rings. The number of fused-ring (bicyclic) bond motifs is 1. The minimum absolute atomic E-state index is 0.0559. The van der Waals surface area contributed by atoms with Gasteiger partial charge >= 0.3 is 0 Å². The molecule has 29 heavy (non-hydrogen) atoms. The van der Waals surface area contributed by atoms with Gasteiger partial charge in [-0.25, -0.2) is 4.98 Å². The zero-order chi connectivity index (χ0) is 20.4. The van der Waals surface area contributed by atoms with Crippen LogP contribution in [0.2, 0.25) is 0 Å². The Morgan fingerprint density at radius 1 is 1.28 bits per heavy atom. The van der Waals surface area contributed by atoms with Crippen LogP contribution in [0.1, 0.15) is 17.7 Å². The number of nitrogens with zero attached hydrogens (tertiary/aromatic N) is 3. The van der Waals surface area contributed by atoms with Gasteiger partial charge in [-0.05, 0) is 24.1 Å². The maximum Gasteiger partial charge on any atom is 0.226 e. The molecule has 1 unspecified atom stereocenters. The van der Waals surface area contributed by atoms with Crippen LogP contribution in [0.4, 0.5) is 0 Å². The lowest BCUT2D eigenvalue weighted by Crippen LogP contribution is -2.36. The van der Waals surface area contributed by atoms with Crippen LogP contribution in [0.15, 0.2) is 54.7 Å². The molecule has 2 heterocycles. The average molecular weight is 391 g/mol. The Balaban J connectivity index is 1.44. The predicted octanol–water partition coefficient (Wildman–Crippen LogP) is 3.49. The van der Waals surface area contributed by atoms with E-state index in [1.807, 2.05) is 37.5 Å². The largest absolute Gasteiger partial charge is 0.504 e. The molecule has 1 aromatic heterocycles. The highest BCUT2D eigenvalue weighted by atomic mass is 16.5. The number of carbonyl (C=O) groups excluding carboxylic acids is 1. The fraction of sp³-hybridized carbons (Fsp3) is 0.304. The molecular formula is C23H25N3O3. The van der Waals surface area contributed by atoms with E-state index in [1.54, 1.807) is 17.0 Å². The quantitative estimate of drug-likeness (QED) is 0.723. The summed E-state index contributed by atoms with van der Waals surface area (Å²) in [6.07, 6.45) is 3.38. The highest BCUT2D eigenvalue weighted by Crippen LogP contribution is 2.29. The SMILES string of the molecule is COc1ccc(CN(C)C(=O)C2CCn3c(cnc3-c3ccccc3)C2)cc1O. The van der Waals surface area contributed by atoms with Crippen molar-refractivity contribution < 1.29 is 14.6 Å². The number of aromatic hydroxyl groups is 1. The first-order chi connectivity index (χ1) is 14.1. The number of hydrogen-bond donors (Lipinski definition) is 1. The number of phenols is 1. The molecule has 1 aliphatic rings. The molecule has 1 atom stereocenters. The molecule has 4 rings (SSSR count). The molecule has 0 saturated carbocycles. The van der Waals surface area contributed by atoms with E-state index in [9.17, 15) is 9.90 Å². The van der Waals surface area contributed by atoms with Crippen molar-refractivity contribution in [2.45, 2.75) is 25.9 Å². The van der Waals surface area contributed by atoms with Crippen molar-refractivity contribution in [2.24, 2.45) is 5.92 Å². The molecule has 1 aliphatic heterocycles. The normalized spacial score (nSPS) is 15.6. The van der Waals surface area contributed by atoms with Gasteiger partial charge in [0.2, 0.25) is 5.91 Å². The predicted molar refractivity (Wildman–Crippen MR) is 111 cm³/mol. The fourth-order valence-corrected chi connectivity index (χ4v) is 3.99. The van der Waals surface area contributed by atoms with E-state index in [4.69, 9.17) is 4.74 Å².